The maximum absolute atomic E-state index is 11.3. The molecule has 0 saturated carbocycles. The Morgan fingerprint density at radius 1 is 1.60 bits per heavy atom. The van der Waals surface area contributed by atoms with Gasteiger partial charge in [-0.25, -0.2) is 0 Å². The lowest BCUT2D eigenvalue weighted by Crippen LogP contribution is -2.33. The van der Waals surface area contributed by atoms with Crippen LogP contribution in [0.4, 0.5) is 0 Å². The van der Waals surface area contributed by atoms with Crippen LogP contribution in [0.15, 0.2) is 24.8 Å². The van der Waals surface area contributed by atoms with Crippen LogP contribution in [-0.2, 0) is 19.0 Å². The third-order valence-electron chi connectivity index (χ3n) is 2.34. The van der Waals surface area contributed by atoms with E-state index in [2.05, 4.69) is 6.58 Å². The largest absolute Gasteiger partial charge is 0.453 e. The number of hydrogen-bond acceptors (Lipinski definition) is 4. The average Bonchev–Trinajstić information content (AvgIpc) is 2.63. The van der Waals surface area contributed by atoms with Gasteiger partial charge in [0.1, 0.15) is 6.10 Å². The summed E-state index contributed by atoms with van der Waals surface area (Å²) in [5.41, 5.74) is 0. The molecule has 15 heavy (non-hydrogen) atoms. The lowest BCUT2D eigenvalue weighted by atomic mass is 10.2. The van der Waals surface area contributed by atoms with Gasteiger partial charge in [0.15, 0.2) is 12.4 Å². The predicted octanol–water partition coefficient (Wildman–Crippen LogP) is 1.18. The molecule has 0 spiro atoms. The summed E-state index contributed by atoms with van der Waals surface area (Å²) in [5.74, 6) is -0.248. The van der Waals surface area contributed by atoms with Gasteiger partial charge in [0.2, 0.25) is 0 Å². The maximum Gasteiger partial charge on any atom is 0.306 e. The van der Waals surface area contributed by atoms with Crippen molar-refractivity contribution in [2.75, 3.05) is 6.61 Å². The summed E-state index contributed by atoms with van der Waals surface area (Å²) >= 11 is 0. The average molecular weight is 210 g/mol. The molecule has 2 aliphatic rings. The second-order valence-corrected chi connectivity index (χ2v) is 3.54. The van der Waals surface area contributed by atoms with E-state index >= 15 is 0 Å². The van der Waals surface area contributed by atoms with Crippen LogP contribution in [0.25, 0.3) is 0 Å². The van der Waals surface area contributed by atoms with E-state index in [0.29, 0.717) is 19.4 Å². The molecule has 0 aliphatic carbocycles. The van der Waals surface area contributed by atoms with E-state index in [4.69, 9.17) is 14.2 Å². The van der Waals surface area contributed by atoms with E-state index in [1.165, 1.54) is 0 Å². The van der Waals surface area contributed by atoms with Crippen molar-refractivity contribution >= 4 is 5.97 Å². The van der Waals surface area contributed by atoms with E-state index in [1.54, 1.807) is 6.08 Å². The Hall–Kier alpha value is -1.13. The van der Waals surface area contributed by atoms with Crippen LogP contribution in [0.2, 0.25) is 0 Å². The smallest absolute Gasteiger partial charge is 0.306 e. The summed E-state index contributed by atoms with van der Waals surface area (Å²) in [4.78, 5) is 11.3. The van der Waals surface area contributed by atoms with Crippen molar-refractivity contribution in [3.63, 3.8) is 0 Å². The summed E-state index contributed by atoms with van der Waals surface area (Å²) in [6.45, 7) is 4.09. The van der Waals surface area contributed by atoms with E-state index < -0.39 is 12.4 Å². The van der Waals surface area contributed by atoms with Gasteiger partial charge in [-0.15, -0.1) is 6.58 Å². The van der Waals surface area contributed by atoms with Crippen LogP contribution < -0.4 is 0 Å². The minimum Gasteiger partial charge on any atom is -0.453 e. The highest BCUT2D eigenvalue weighted by molar-refractivity contribution is 5.70. The first kappa shape index (κ1) is 10.4. The molecule has 3 atom stereocenters. The van der Waals surface area contributed by atoms with Crippen LogP contribution in [0, 0.1) is 0 Å². The van der Waals surface area contributed by atoms with Crippen molar-refractivity contribution in [2.45, 2.75) is 31.3 Å². The zero-order valence-electron chi connectivity index (χ0n) is 8.43. The van der Waals surface area contributed by atoms with Crippen LogP contribution in [0.1, 0.15) is 12.8 Å². The third kappa shape index (κ3) is 2.46. The van der Waals surface area contributed by atoms with Gasteiger partial charge in [-0.05, 0) is 12.5 Å². The van der Waals surface area contributed by atoms with Crippen LogP contribution in [-0.4, -0.2) is 31.1 Å². The molecule has 0 N–H and O–H groups in total. The number of allylic oxidation sites excluding steroid dienone is 1. The number of carbonyl (C=O) groups is 1. The minimum atomic E-state index is -0.423. The SMILES string of the molecule is C=CCCC(=O)OC1C=CC2COC1O2. The van der Waals surface area contributed by atoms with Crippen molar-refractivity contribution < 1.29 is 19.0 Å². The zero-order valence-corrected chi connectivity index (χ0v) is 8.43. The topological polar surface area (TPSA) is 44.8 Å². The number of carbonyl (C=O) groups excluding carboxylic acids is 1. The van der Waals surface area contributed by atoms with Crippen molar-refractivity contribution in [1.82, 2.24) is 0 Å². The molecular weight excluding hydrogens is 196 g/mol. The van der Waals surface area contributed by atoms with Crippen molar-refractivity contribution in [1.29, 1.82) is 0 Å². The fourth-order valence-corrected chi connectivity index (χ4v) is 1.56. The van der Waals surface area contributed by atoms with Crippen molar-refractivity contribution in [3.05, 3.63) is 24.8 Å². The van der Waals surface area contributed by atoms with E-state index in [1.807, 2.05) is 12.2 Å². The molecule has 4 nitrogen and oxygen atoms in total. The molecule has 0 aromatic carbocycles. The molecule has 2 heterocycles. The molecule has 4 heteroatoms. The summed E-state index contributed by atoms with van der Waals surface area (Å²) in [5, 5.41) is 0. The standard InChI is InChI=1S/C11H14O4/c1-2-3-4-10(12)15-9-6-5-8-7-13-11(9)14-8/h2,5-6,8-9,11H,1,3-4,7H2. The minimum absolute atomic E-state index is 0.0260. The van der Waals surface area contributed by atoms with Gasteiger partial charge in [-0.3, -0.25) is 4.79 Å². The number of ether oxygens (including phenoxy) is 3. The lowest BCUT2D eigenvalue weighted by Gasteiger charge is -2.22. The predicted molar refractivity (Wildman–Crippen MR) is 53.1 cm³/mol. The van der Waals surface area contributed by atoms with E-state index in [-0.39, 0.29) is 12.1 Å². The van der Waals surface area contributed by atoms with Crippen LogP contribution in [0.3, 0.4) is 0 Å². The molecule has 0 radical (unpaired) electrons. The van der Waals surface area contributed by atoms with Gasteiger partial charge in [0.25, 0.3) is 0 Å². The second-order valence-electron chi connectivity index (χ2n) is 3.54. The Morgan fingerprint density at radius 3 is 3.27 bits per heavy atom. The number of fused-ring (bicyclic) bond motifs is 2. The Balaban J connectivity index is 1.84. The van der Waals surface area contributed by atoms with E-state index in [0.717, 1.165) is 0 Å². The van der Waals surface area contributed by atoms with Crippen molar-refractivity contribution in [2.24, 2.45) is 0 Å². The van der Waals surface area contributed by atoms with Crippen molar-refractivity contribution in [3.8, 4) is 0 Å². The maximum atomic E-state index is 11.3. The normalized spacial score (nSPS) is 32.7. The molecule has 2 bridgehead atoms. The highest BCUT2D eigenvalue weighted by Crippen LogP contribution is 2.24. The molecule has 0 aromatic rings. The molecule has 2 aliphatic heterocycles. The molecular formula is C11H14O4. The summed E-state index contributed by atoms with van der Waals surface area (Å²) in [6, 6.07) is 0. The molecule has 1 saturated heterocycles. The summed E-state index contributed by atoms with van der Waals surface area (Å²) < 4.78 is 15.9. The zero-order chi connectivity index (χ0) is 10.7. The van der Waals surface area contributed by atoms with Gasteiger partial charge in [-0.2, -0.15) is 0 Å². The fraction of sp³-hybridized carbons (Fsp3) is 0.545. The Morgan fingerprint density at radius 2 is 2.47 bits per heavy atom. The first-order chi connectivity index (χ1) is 7.29. The molecule has 2 rings (SSSR count). The quantitative estimate of drug-likeness (QED) is 0.516. The second kappa shape index (κ2) is 4.59. The number of rotatable bonds is 4. The molecule has 0 amide bonds. The highest BCUT2D eigenvalue weighted by Gasteiger charge is 2.36. The van der Waals surface area contributed by atoms with Gasteiger partial charge >= 0.3 is 5.97 Å². The monoisotopic (exact) mass is 210 g/mol. The summed E-state index contributed by atoms with van der Waals surface area (Å²) in [6.07, 6.45) is 5.57. The number of hydrogen-bond donors (Lipinski definition) is 0. The number of esters is 1. The van der Waals surface area contributed by atoms with E-state index in [9.17, 15) is 4.79 Å². The molecule has 3 unspecified atom stereocenters. The van der Waals surface area contributed by atoms with Gasteiger partial charge in [0.05, 0.1) is 6.61 Å². The van der Waals surface area contributed by atoms with Crippen LogP contribution in [0.5, 0.6) is 0 Å². The molecule has 82 valence electrons. The first-order valence-electron chi connectivity index (χ1n) is 5.05. The highest BCUT2D eigenvalue weighted by atomic mass is 16.7. The lowest BCUT2D eigenvalue weighted by molar-refractivity contribution is -0.169. The van der Waals surface area contributed by atoms with Gasteiger partial charge in [-0.1, -0.05) is 12.2 Å². The fourth-order valence-electron chi connectivity index (χ4n) is 1.56. The van der Waals surface area contributed by atoms with Crippen LogP contribution >= 0.6 is 0 Å². The third-order valence-corrected chi connectivity index (χ3v) is 2.34. The molecule has 1 fully saturated rings. The summed E-state index contributed by atoms with van der Waals surface area (Å²) in [7, 11) is 0. The Kier molecular flexibility index (Phi) is 3.18. The first-order valence-corrected chi connectivity index (χ1v) is 5.05. The Labute approximate surface area is 88.5 Å². The Bertz CT molecular complexity index is 284. The van der Waals surface area contributed by atoms with Gasteiger partial charge < -0.3 is 14.2 Å². The molecule has 0 aromatic heterocycles. The van der Waals surface area contributed by atoms with Gasteiger partial charge in [0, 0.05) is 6.42 Å².